The number of carbonyl (C=O) groups excluding carboxylic acids is 1. The number of hydrogen-bond donors (Lipinski definition) is 1. The van der Waals surface area contributed by atoms with Crippen LogP contribution in [-0.4, -0.2) is 60.3 Å². The summed E-state index contributed by atoms with van der Waals surface area (Å²) in [5, 5.41) is 11.9. The van der Waals surface area contributed by atoms with Crippen molar-refractivity contribution in [3.8, 4) is 0 Å². The lowest BCUT2D eigenvalue weighted by atomic mass is 9.72. The molecular formula is C26H32F2N2O3. The predicted molar refractivity (Wildman–Crippen MR) is 122 cm³/mol. The van der Waals surface area contributed by atoms with Crippen LogP contribution in [0.4, 0.5) is 13.6 Å². The number of halogens is 2. The van der Waals surface area contributed by atoms with Crippen molar-refractivity contribution in [1.82, 2.24) is 9.80 Å². The fourth-order valence-electron chi connectivity index (χ4n) is 5.13. The van der Waals surface area contributed by atoms with Gasteiger partial charge >= 0.3 is 6.09 Å². The normalized spacial score (nSPS) is 20.3. The molecule has 1 amide bonds. The van der Waals surface area contributed by atoms with Crippen molar-refractivity contribution in [1.29, 1.82) is 0 Å². The van der Waals surface area contributed by atoms with Crippen LogP contribution in [0.25, 0.3) is 0 Å². The number of likely N-dealkylation sites (N-methyl/N-ethyl adjacent to an activating group) is 1. The van der Waals surface area contributed by atoms with E-state index in [0.717, 1.165) is 51.7 Å². The van der Waals surface area contributed by atoms with Crippen molar-refractivity contribution in [2.45, 2.75) is 43.8 Å². The van der Waals surface area contributed by atoms with E-state index in [-0.39, 0.29) is 29.7 Å². The first-order valence-electron chi connectivity index (χ1n) is 11.7. The molecule has 2 aromatic carbocycles. The van der Waals surface area contributed by atoms with E-state index in [4.69, 9.17) is 4.74 Å². The molecule has 0 bridgehead atoms. The van der Waals surface area contributed by atoms with Crippen molar-refractivity contribution in [3.05, 3.63) is 71.3 Å². The highest BCUT2D eigenvalue weighted by Crippen LogP contribution is 2.42. The second kappa shape index (κ2) is 10.2. The first kappa shape index (κ1) is 23.6. The zero-order chi connectivity index (χ0) is 23.4. The van der Waals surface area contributed by atoms with E-state index < -0.39 is 5.60 Å². The summed E-state index contributed by atoms with van der Waals surface area (Å²) < 4.78 is 32.4. The Morgan fingerprint density at radius 2 is 1.52 bits per heavy atom. The molecule has 2 aliphatic heterocycles. The number of benzene rings is 2. The van der Waals surface area contributed by atoms with Crippen molar-refractivity contribution in [2.24, 2.45) is 5.92 Å². The van der Waals surface area contributed by atoms with E-state index in [2.05, 4.69) is 4.90 Å². The second-order valence-corrected chi connectivity index (χ2v) is 9.28. The second-order valence-electron chi connectivity index (χ2n) is 9.28. The summed E-state index contributed by atoms with van der Waals surface area (Å²) in [6.45, 7) is 3.34. The van der Waals surface area contributed by atoms with Crippen LogP contribution in [0, 0.1) is 17.6 Å². The van der Waals surface area contributed by atoms with Crippen LogP contribution in [0.3, 0.4) is 0 Å². The Kier molecular flexibility index (Phi) is 7.29. The molecule has 0 saturated carbocycles. The molecule has 1 atom stereocenters. The summed E-state index contributed by atoms with van der Waals surface area (Å²) >= 11 is 0. The highest BCUT2D eigenvalue weighted by molar-refractivity contribution is 5.69. The third kappa shape index (κ3) is 5.36. The first-order valence-corrected chi connectivity index (χ1v) is 11.7. The van der Waals surface area contributed by atoms with E-state index in [9.17, 15) is 18.7 Å². The number of amides is 1. The number of hydrogen-bond acceptors (Lipinski definition) is 4. The molecule has 0 spiro atoms. The Morgan fingerprint density at radius 3 is 2.00 bits per heavy atom. The first-order chi connectivity index (χ1) is 15.9. The molecule has 2 heterocycles. The topological polar surface area (TPSA) is 53.0 Å². The van der Waals surface area contributed by atoms with Gasteiger partial charge in [0.25, 0.3) is 0 Å². The molecule has 2 aromatic rings. The van der Waals surface area contributed by atoms with Crippen LogP contribution in [0.15, 0.2) is 48.5 Å². The van der Waals surface area contributed by atoms with E-state index in [1.165, 1.54) is 24.3 Å². The molecule has 2 saturated heterocycles. The number of unbranched alkanes of at least 4 members (excludes halogenated alkanes) is 1. The Morgan fingerprint density at radius 1 is 0.970 bits per heavy atom. The Balaban J connectivity index is 1.35. The summed E-state index contributed by atoms with van der Waals surface area (Å²) in [6.07, 6.45) is 4.24. The van der Waals surface area contributed by atoms with Gasteiger partial charge in [-0.2, -0.15) is 0 Å². The van der Waals surface area contributed by atoms with Gasteiger partial charge in [0.15, 0.2) is 0 Å². The molecule has 2 aliphatic rings. The van der Waals surface area contributed by atoms with Gasteiger partial charge in [0.05, 0.1) is 6.54 Å². The van der Waals surface area contributed by atoms with Crippen molar-refractivity contribution < 1.29 is 23.4 Å². The van der Waals surface area contributed by atoms with Crippen LogP contribution >= 0.6 is 0 Å². The third-order valence-electron chi connectivity index (χ3n) is 7.05. The molecule has 0 aliphatic carbocycles. The van der Waals surface area contributed by atoms with Gasteiger partial charge in [-0.3, -0.25) is 0 Å². The zero-order valence-electron chi connectivity index (χ0n) is 19.1. The maximum Gasteiger partial charge on any atom is 0.409 e. The smallest absolute Gasteiger partial charge is 0.409 e. The molecule has 0 aromatic heterocycles. The number of carbonyl (C=O) groups is 1. The van der Waals surface area contributed by atoms with Gasteiger partial charge in [0.1, 0.15) is 23.3 Å². The molecule has 2 fully saturated rings. The largest absolute Gasteiger partial charge is 0.444 e. The fourth-order valence-corrected chi connectivity index (χ4v) is 5.13. The molecule has 4 rings (SSSR count). The molecule has 5 nitrogen and oxygen atoms in total. The summed E-state index contributed by atoms with van der Waals surface area (Å²) in [5.74, 6) is -0.763. The predicted octanol–water partition coefficient (Wildman–Crippen LogP) is 4.53. The minimum Gasteiger partial charge on any atom is -0.444 e. The standard InChI is InChI=1S/C26H32F2N2O3/c1-29-18-24(33-25(29)31)4-2-3-15-30-16-13-21(14-17-30)26(32,19-5-9-22(27)10-6-19)20-7-11-23(28)12-8-20/h5-12,21,24,32H,2-4,13-18H2,1H3. The van der Waals surface area contributed by atoms with Crippen molar-refractivity contribution in [3.63, 3.8) is 0 Å². The highest BCUT2D eigenvalue weighted by Gasteiger charge is 2.41. The number of ether oxygens (including phenoxy) is 1. The highest BCUT2D eigenvalue weighted by atomic mass is 19.1. The van der Waals surface area contributed by atoms with E-state index in [0.29, 0.717) is 17.7 Å². The number of rotatable bonds is 8. The summed E-state index contributed by atoms with van der Waals surface area (Å²) in [6, 6.07) is 11.9. The quantitative estimate of drug-likeness (QED) is 0.591. The van der Waals surface area contributed by atoms with Crippen molar-refractivity contribution >= 4 is 6.09 Å². The van der Waals surface area contributed by atoms with Gasteiger partial charge in [-0.25, -0.2) is 13.6 Å². The average molecular weight is 459 g/mol. The molecule has 1 unspecified atom stereocenters. The van der Waals surface area contributed by atoms with Gasteiger partial charge < -0.3 is 19.6 Å². The molecule has 1 N–H and O–H groups in total. The van der Waals surface area contributed by atoms with E-state index in [1.54, 1.807) is 36.2 Å². The van der Waals surface area contributed by atoms with Crippen LogP contribution in [0.5, 0.6) is 0 Å². The van der Waals surface area contributed by atoms with Crippen LogP contribution < -0.4 is 0 Å². The Labute approximate surface area is 194 Å². The molecule has 7 heteroatoms. The zero-order valence-corrected chi connectivity index (χ0v) is 19.1. The fraction of sp³-hybridized carbons (Fsp3) is 0.500. The minimum atomic E-state index is -1.30. The number of aliphatic hydroxyl groups is 1. The monoisotopic (exact) mass is 458 g/mol. The SMILES string of the molecule is CN1CC(CCCCN2CCC(C(O)(c3ccc(F)cc3)c3ccc(F)cc3)CC2)OC1=O. The number of piperidine rings is 1. The van der Waals surface area contributed by atoms with Gasteiger partial charge in [0, 0.05) is 7.05 Å². The molecule has 178 valence electrons. The summed E-state index contributed by atoms with van der Waals surface area (Å²) in [4.78, 5) is 15.5. The Hall–Kier alpha value is -2.51. The molecule has 0 radical (unpaired) electrons. The maximum absolute atomic E-state index is 13.5. The van der Waals surface area contributed by atoms with Gasteiger partial charge in [0.2, 0.25) is 0 Å². The lowest BCUT2D eigenvalue weighted by Gasteiger charge is -2.42. The van der Waals surface area contributed by atoms with Gasteiger partial charge in [-0.05, 0) is 93.0 Å². The van der Waals surface area contributed by atoms with Gasteiger partial charge in [-0.15, -0.1) is 0 Å². The lowest BCUT2D eigenvalue weighted by molar-refractivity contribution is -0.0145. The summed E-state index contributed by atoms with van der Waals surface area (Å²) in [7, 11) is 1.76. The van der Waals surface area contributed by atoms with Crippen LogP contribution in [-0.2, 0) is 10.3 Å². The van der Waals surface area contributed by atoms with Crippen LogP contribution in [0.1, 0.15) is 43.2 Å². The number of cyclic esters (lactones) is 1. The van der Waals surface area contributed by atoms with Crippen molar-refractivity contribution in [2.75, 3.05) is 33.2 Å². The van der Waals surface area contributed by atoms with E-state index >= 15 is 0 Å². The van der Waals surface area contributed by atoms with Crippen LogP contribution in [0.2, 0.25) is 0 Å². The lowest BCUT2D eigenvalue weighted by Crippen LogP contribution is -2.44. The third-order valence-corrected chi connectivity index (χ3v) is 7.05. The minimum absolute atomic E-state index is 0.00494. The van der Waals surface area contributed by atoms with E-state index in [1.807, 2.05) is 0 Å². The average Bonchev–Trinajstić information content (AvgIpc) is 3.14. The summed E-state index contributed by atoms with van der Waals surface area (Å²) in [5.41, 5.74) is -0.0404. The number of likely N-dealkylation sites (tertiary alicyclic amines) is 1. The molecular weight excluding hydrogens is 426 g/mol. The maximum atomic E-state index is 13.5. The number of nitrogens with zero attached hydrogens (tertiary/aromatic N) is 2. The Bertz CT molecular complexity index is 882. The molecule has 33 heavy (non-hydrogen) atoms. The van der Waals surface area contributed by atoms with Gasteiger partial charge in [-0.1, -0.05) is 24.3 Å².